The third-order valence-electron chi connectivity index (χ3n) is 4.38. The van der Waals surface area contributed by atoms with Gasteiger partial charge in [0.1, 0.15) is 16.2 Å². The first-order valence-corrected chi connectivity index (χ1v) is 12.0. The number of aryl methyl sites for hydroxylation is 1. The standard InChI is InChI=1S/C22H27N3O3S2/c1-4-16-12-17-21(24-14-25-22(17)30-16)29-13-20(26)23-10-9-15-7-8-18(27-5-2)19(11-15)28-6-3/h7-8,11-12,14H,4-6,9-10,13H2,1-3H3,(H,23,26). The Morgan fingerprint density at radius 1 is 1.10 bits per heavy atom. The Balaban J connectivity index is 1.51. The van der Waals surface area contributed by atoms with Crippen LogP contribution in [0.3, 0.4) is 0 Å². The van der Waals surface area contributed by atoms with Crippen LogP contribution in [0.4, 0.5) is 0 Å². The van der Waals surface area contributed by atoms with Crippen molar-refractivity contribution in [2.45, 2.75) is 38.6 Å². The van der Waals surface area contributed by atoms with E-state index < -0.39 is 0 Å². The molecule has 8 heteroatoms. The molecule has 0 saturated carbocycles. The van der Waals surface area contributed by atoms with Crippen molar-refractivity contribution in [3.05, 3.63) is 41.0 Å². The molecule has 0 aliphatic rings. The van der Waals surface area contributed by atoms with Gasteiger partial charge in [-0.25, -0.2) is 9.97 Å². The van der Waals surface area contributed by atoms with Crippen molar-refractivity contribution >= 4 is 39.2 Å². The lowest BCUT2D eigenvalue weighted by Gasteiger charge is -2.12. The maximum Gasteiger partial charge on any atom is 0.230 e. The molecule has 0 aliphatic carbocycles. The van der Waals surface area contributed by atoms with Crippen molar-refractivity contribution in [3.8, 4) is 11.5 Å². The largest absolute Gasteiger partial charge is 0.490 e. The molecule has 1 amide bonds. The molecular formula is C22H27N3O3S2. The number of ether oxygens (including phenoxy) is 2. The molecule has 1 aromatic carbocycles. The van der Waals surface area contributed by atoms with E-state index in [-0.39, 0.29) is 5.91 Å². The van der Waals surface area contributed by atoms with Crippen molar-refractivity contribution in [2.24, 2.45) is 0 Å². The van der Waals surface area contributed by atoms with Crippen molar-refractivity contribution in [1.82, 2.24) is 15.3 Å². The summed E-state index contributed by atoms with van der Waals surface area (Å²) in [5.41, 5.74) is 1.10. The molecule has 160 valence electrons. The first-order valence-electron chi connectivity index (χ1n) is 10.2. The predicted molar refractivity (Wildman–Crippen MR) is 123 cm³/mol. The van der Waals surface area contributed by atoms with E-state index >= 15 is 0 Å². The molecular weight excluding hydrogens is 418 g/mol. The Bertz CT molecular complexity index is 991. The molecule has 3 aromatic rings. The summed E-state index contributed by atoms with van der Waals surface area (Å²) in [6.45, 7) is 7.76. The number of aromatic nitrogens is 2. The average molecular weight is 446 g/mol. The van der Waals surface area contributed by atoms with Crippen LogP contribution in [0.5, 0.6) is 11.5 Å². The van der Waals surface area contributed by atoms with Crippen LogP contribution >= 0.6 is 23.1 Å². The lowest BCUT2D eigenvalue weighted by atomic mass is 10.1. The van der Waals surface area contributed by atoms with Gasteiger partial charge in [0.2, 0.25) is 5.91 Å². The van der Waals surface area contributed by atoms with E-state index in [9.17, 15) is 4.79 Å². The first-order chi connectivity index (χ1) is 14.6. The van der Waals surface area contributed by atoms with E-state index in [2.05, 4.69) is 28.3 Å². The Labute approximate surface area is 185 Å². The van der Waals surface area contributed by atoms with E-state index in [0.717, 1.165) is 45.1 Å². The lowest BCUT2D eigenvalue weighted by Crippen LogP contribution is -2.27. The number of carbonyl (C=O) groups excluding carboxylic acids is 1. The van der Waals surface area contributed by atoms with Gasteiger partial charge in [0.05, 0.1) is 19.0 Å². The summed E-state index contributed by atoms with van der Waals surface area (Å²) in [6.07, 6.45) is 3.27. The number of thiophene rings is 1. The topological polar surface area (TPSA) is 73.3 Å². The zero-order valence-corrected chi connectivity index (χ0v) is 19.2. The summed E-state index contributed by atoms with van der Waals surface area (Å²) in [4.78, 5) is 23.2. The fraction of sp³-hybridized carbons (Fsp3) is 0.409. The van der Waals surface area contributed by atoms with Crippen LogP contribution in [0.1, 0.15) is 31.2 Å². The molecule has 30 heavy (non-hydrogen) atoms. The number of rotatable bonds is 11. The van der Waals surface area contributed by atoms with Gasteiger partial charge in [-0.05, 0) is 50.5 Å². The van der Waals surface area contributed by atoms with Crippen LogP contribution < -0.4 is 14.8 Å². The van der Waals surface area contributed by atoms with Gasteiger partial charge in [-0.1, -0.05) is 24.8 Å². The van der Waals surface area contributed by atoms with Crippen LogP contribution in [0, 0.1) is 0 Å². The highest BCUT2D eigenvalue weighted by molar-refractivity contribution is 8.00. The molecule has 0 bridgehead atoms. The Morgan fingerprint density at radius 3 is 2.67 bits per heavy atom. The molecule has 0 atom stereocenters. The van der Waals surface area contributed by atoms with Crippen molar-refractivity contribution in [2.75, 3.05) is 25.5 Å². The van der Waals surface area contributed by atoms with Gasteiger partial charge in [0.25, 0.3) is 0 Å². The molecule has 2 heterocycles. The highest BCUT2D eigenvalue weighted by Gasteiger charge is 2.11. The van der Waals surface area contributed by atoms with E-state index in [4.69, 9.17) is 9.47 Å². The monoisotopic (exact) mass is 445 g/mol. The van der Waals surface area contributed by atoms with Crippen LogP contribution in [0.15, 0.2) is 35.6 Å². The SMILES string of the molecule is CCOc1ccc(CCNC(=O)CSc2ncnc3sc(CC)cc23)cc1OCC. The third kappa shape index (κ3) is 5.86. The van der Waals surface area contributed by atoms with E-state index in [0.29, 0.717) is 25.5 Å². The highest BCUT2D eigenvalue weighted by atomic mass is 32.2. The predicted octanol–water partition coefficient (Wildman–Crippen LogP) is 4.50. The van der Waals surface area contributed by atoms with Gasteiger partial charge >= 0.3 is 0 Å². The minimum atomic E-state index is -0.00586. The molecule has 0 fully saturated rings. The molecule has 0 unspecified atom stereocenters. The summed E-state index contributed by atoms with van der Waals surface area (Å²) >= 11 is 3.13. The maximum atomic E-state index is 12.3. The van der Waals surface area contributed by atoms with Crippen LogP contribution in [-0.2, 0) is 17.6 Å². The minimum Gasteiger partial charge on any atom is -0.490 e. The number of hydrogen-bond acceptors (Lipinski definition) is 7. The highest BCUT2D eigenvalue weighted by Crippen LogP contribution is 2.31. The fourth-order valence-electron chi connectivity index (χ4n) is 2.96. The summed E-state index contributed by atoms with van der Waals surface area (Å²) in [5.74, 6) is 1.82. The summed E-state index contributed by atoms with van der Waals surface area (Å²) < 4.78 is 11.3. The van der Waals surface area contributed by atoms with Crippen molar-refractivity contribution < 1.29 is 14.3 Å². The van der Waals surface area contributed by atoms with Crippen LogP contribution in [-0.4, -0.2) is 41.4 Å². The number of carbonyl (C=O) groups is 1. The summed E-state index contributed by atoms with van der Waals surface area (Å²) in [5, 5.41) is 4.88. The molecule has 0 radical (unpaired) electrons. The number of nitrogens with one attached hydrogen (secondary N) is 1. The summed E-state index contributed by atoms with van der Waals surface area (Å²) in [6, 6.07) is 8.04. The molecule has 2 aromatic heterocycles. The molecule has 0 aliphatic heterocycles. The smallest absolute Gasteiger partial charge is 0.230 e. The lowest BCUT2D eigenvalue weighted by molar-refractivity contribution is -0.118. The van der Waals surface area contributed by atoms with Gasteiger partial charge in [-0.15, -0.1) is 11.3 Å². The molecule has 6 nitrogen and oxygen atoms in total. The number of nitrogens with zero attached hydrogens (tertiary/aromatic N) is 2. The van der Waals surface area contributed by atoms with E-state index in [1.54, 1.807) is 17.7 Å². The normalized spacial score (nSPS) is 10.9. The minimum absolute atomic E-state index is 0.00586. The molecule has 1 N–H and O–H groups in total. The van der Waals surface area contributed by atoms with Crippen LogP contribution in [0.2, 0.25) is 0 Å². The second kappa shape index (κ2) is 11.2. The Hall–Kier alpha value is -2.32. The third-order valence-corrected chi connectivity index (χ3v) is 6.57. The number of fused-ring (bicyclic) bond motifs is 1. The molecule has 3 rings (SSSR count). The van der Waals surface area contributed by atoms with E-state index in [1.807, 2.05) is 32.0 Å². The number of thioether (sulfide) groups is 1. The van der Waals surface area contributed by atoms with Crippen LogP contribution in [0.25, 0.3) is 10.2 Å². The first kappa shape index (κ1) is 22.4. The van der Waals surface area contributed by atoms with Gasteiger partial charge < -0.3 is 14.8 Å². The number of amides is 1. The number of hydrogen-bond donors (Lipinski definition) is 1. The van der Waals surface area contributed by atoms with Gasteiger partial charge in [0.15, 0.2) is 11.5 Å². The second-order valence-corrected chi connectivity index (χ2v) is 8.58. The van der Waals surface area contributed by atoms with Gasteiger partial charge in [-0.3, -0.25) is 4.79 Å². The number of benzene rings is 1. The summed E-state index contributed by atoms with van der Waals surface area (Å²) in [7, 11) is 0. The van der Waals surface area contributed by atoms with Crippen molar-refractivity contribution in [1.29, 1.82) is 0 Å². The fourth-order valence-corrected chi connectivity index (χ4v) is 4.76. The quantitative estimate of drug-likeness (QED) is 0.346. The zero-order valence-electron chi connectivity index (χ0n) is 17.6. The molecule has 0 saturated heterocycles. The Morgan fingerprint density at radius 2 is 1.90 bits per heavy atom. The van der Waals surface area contributed by atoms with E-state index in [1.165, 1.54) is 16.6 Å². The van der Waals surface area contributed by atoms with Crippen molar-refractivity contribution in [3.63, 3.8) is 0 Å². The maximum absolute atomic E-state index is 12.3. The van der Waals surface area contributed by atoms with Gasteiger partial charge in [0, 0.05) is 16.8 Å². The molecule has 0 spiro atoms. The average Bonchev–Trinajstić information content (AvgIpc) is 3.18. The zero-order chi connectivity index (χ0) is 21.3. The Kier molecular flexibility index (Phi) is 8.33. The second-order valence-electron chi connectivity index (χ2n) is 6.50. The van der Waals surface area contributed by atoms with Gasteiger partial charge in [-0.2, -0.15) is 0 Å².